The Bertz CT molecular complexity index is 1310. The minimum Gasteiger partial charge on any atom is -0.258 e. The van der Waals surface area contributed by atoms with Gasteiger partial charge in [-0.25, -0.2) is 0 Å². The van der Waals surface area contributed by atoms with Gasteiger partial charge in [-0.1, -0.05) is 71.8 Å². The number of benzene rings is 4. The van der Waals surface area contributed by atoms with Crippen LogP contribution in [0, 0.1) is 34.1 Å². The Kier molecular flexibility index (Phi) is 4.60. The molecular weight excluding hydrogens is 416 g/mol. The molecule has 0 atom stereocenters. The SMILES string of the molecule is Cc1ccc2c(c1)C(c1ccc([N+](=O)[O-])cc1)(c1ccc([N+](=O)[O-])cc1)c1cc(C)ccc1-2. The number of hydrogen-bond acceptors (Lipinski definition) is 4. The van der Waals surface area contributed by atoms with E-state index in [9.17, 15) is 20.2 Å². The molecule has 162 valence electrons. The summed E-state index contributed by atoms with van der Waals surface area (Å²) in [6, 6.07) is 25.9. The van der Waals surface area contributed by atoms with E-state index in [0.717, 1.165) is 44.5 Å². The molecule has 4 aromatic carbocycles. The van der Waals surface area contributed by atoms with Gasteiger partial charge in [-0.15, -0.1) is 0 Å². The monoisotopic (exact) mass is 436 g/mol. The smallest absolute Gasteiger partial charge is 0.258 e. The summed E-state index contributed by atoms with van der Waals surface area (Å²) < 4.78 is 0. The van der Waals surface area contributed by atoms with Crippen molar-refractivity contribution in [1.29, 1.82) is 0 Å². The Hall–Kier alpha value is -4.32. The molecule has 1 aliphatic rings. The van der Waals surface area contributed by atoms with Crippen LogP contribution < -0.4 is 0 Å². The molecule has 4 aromatic rings. The molecule has 0 heterocycles. The number of rotatable bonds is 4. The van der Waals surface area contributed by atoms with Crippen LogP contribution in [0.15, 0.2) is 84.9 Å². The molecule has 0 bridgehead atoms. The number of nitro groups is 2. The fraction of sp³-hybridized carbons (Fsp3) is 0.111. The van der Waals surface area contributed by atoms with Crippen molar-refractivity contribution in [3.05, 3.63) is 139 Å². The minimum absolute atomic E-state index is 0.0181. The average molecular weight is 436 g/mol. The second-order valence-corrected chi connectivity index (χ2v) is 8.46. The van der Waals surface area contributed by atoms with E-state index in [2.05, 4.69) is 36.4 Å². The van der Waals surface area contributed by atoms with Crippen molar-refractivity contribution in [3.63, 3.8) is 0 Å². The van der Waals surface area contributed by atoms with Crippen LogP contribution in [0.1, 0.15) is 33.4 Å². The maximum atomic E-state index is 11.3. The van der Waals surface area contributed by atoms with Gasteiger partial charge in [-0.2, -0.15) is 0 Å². The summed E-state index contributed by atoms with van der Waals surface area (Å²) in [6.07, 6.45) is 0. The largest absolute Gasteiger partial charge is 0.269 e. The Morgan fingerprint density at radius 3 is 1.27 bits per heavy atom. The quantitative estimate of drug-likeness (QED) is 0.238. The van der Waals surface area contributed by atoms with Crippen molar-refractivity contribution in [2.75, 3.05) is 0 Å². The number of nitro benzene ring substituents is 2. The lowest BCUT2D eigenvalue weighted by Crippen LogP contribution is -2.28. The van der Waals surface area contributed by atoms with Gasteiger partial charge in [-0.3, -0.25) is 20.2 Å². The molecule has 0 spiro atoms. The number of fused-ring (bicyclic) bond motifs is 3. The van der Waals surface area contributed by atoms with Gasteiger partial charge in [0.15, 0.2) is 0 Å². The lowest BCUT2D eigenvalue weighted by molar-refractivity contribution is -0.385. The first kappa shape index (κ1) is 20.6. The fourth-order valence-electron chi connectivity index (χ4n) is 5.01. The van der Waals surface area contributed by atoms with Crippen LogP contribution >= 0.6 is 0 Å². The lowest BCUT2D eigenvalue weighted by atomic mass is 9.67. The highest BCUT2D eigenvalue weighted by Gasteiger charge is 2.46. The van der Waals surface area contributed by atoms with Crippen LogP contribution in [0.25, 0.3) is 11.1 Å². The minimum atomic E-state index is -0.757. The van der Waals surface area contributed by atoms with Gasteiger partial charge in [-0.05, 0) is 47.2 Å². The van der Waals surface area contributed by atoms with Crippen molar-refractivity contribution in [1.82, 2.24) is 0 Å². The average Bonchev–Trinajstić information content (AvgIpc) is 3.08. The highest BCUT2D eigenvalue weighted by Crippen LogP contribution is 2.56. The molecule has 6 nitrogen and oxygen atoms in total. The van der Waals surface area contributed by atoms with Gasteiger partial charge in [0, 0.05) is 24.3 Å². The predicted octanol–water partition coefficient (Wildman–Crippen LogP) is 6.48. The summed E-state index contributed by atoms with van der Waals surface area (Å²) in [4.78, 5) is 21.8. The van der Waals surface area contributed by atoms with E-state index in [1.54, 1.807) is 24.3 Å². The zero-order valence-corrected chi connectivity index (χ0v) is 18.1. The van der Waals surface area contributed by atoms with Crippen molar-refractivity contribution >= 4 is 11.4 Å². The Morgan fingerprint density at radius 1 is 0.576 bits per heavy atom. The van der Waals surface area contributed by atoms with Crippen molar-refractivity contribution in [2.24, 2.45) is 0 Å². The number of hydrogen-bond donors (Lipinski definition) is 0. The molecule has 0 aromatic heterocycles. The highest BCUT2D eigenvalue weighted by atomic mass is 16.6. The van der Waals surface area contributed by atoms with Crippen molar-refractivity contribution in [3.8, 4) is 11.1 Å². The molecule has 0 N–H and O–H groups in total. The molecule has 0 amide bonds. The Balaban J connectivity index is 1.90. The summed E-state index contributed by atoms with van der Waals surface area (Å²) in [7, 11) is 0. The van der Waals surface area contributed by atoms with E-state index in [4.69, 9.17) is 0 Å². The van der Waals surface area contributed by atoms with E-state index in [-0.39, 0.29) is 11.4 Å². The number of aryl methyl sites for hydroxylation is 2. The van der Waals surface area contributed by atoms with Gasteiger partial charge in [0.1, 0.15) is 0 Å². The Labute approximate surface area is 190 Å². The normalized spacial score (nSPS) is 13.3. The van der Waals surface area contributed by atoms with E-state index < -0.39 is 15.3 Å². The third-order valence-electron chi connectivity index (χ3n) is 6.47. The summed E-state index contributed by atoms with van der Waals surface area (Å²) in [6.45, 7) is 4.07. The molecule has 0 aliphatic heterocycles. The summed E-state index contributed by atoms with van der Waals surface area (Å²) in [5.74, 6) is 0. The van der Waals surface area contributed by atoms with Crippen LogP contribution in [-0.4, -0.2) is 9.85 Å². The molecule has 1 aliphatic carbocycles. The first-order chi connectivity index (χ1) is 15.8. The number of nitrogens with zero attached hydrogens (tertiary/aromatic N) is 2. The van der Waals surface area contributed by atoms with Crippen LogP contribution in [0.3, 0.4) is 0 Å². The predicted molar refractivity (Wildman–Crippen MR) is 127 cm³/mol. The second kappa shape index (κ2) is 7.38. The standard InChI is InChI=1S/C27H20N2O4/c1-17-3-13-23-24-14-4-18(2)16-26(24)27(25(23)15-17,19-5-9-21(10-6-19)28(30)31)20-7-11-22(12-8-20)29(32)33/h3-16H,1-2H3. The first-order valence-corrected chi connectivity index (χ1v) is 10.5. The van der Waals surface area contributed by atoms with E-state index >= 15 is 0 Å². The molecule has 0 saturated carbocycles. The molecule has 5 rings (SSSR count). The van der Waals surface area contributed by atoms with Gasteiger partial charge in [0.05, 0.1) is 15.3 Å². The van der Waals surface area contributed by atoms with Crippen molar-refractivity contribution < 1.29 is 9.85 Å². The molecule has 0 unspecified atom stereocenters. The topological polar surface area (TPSA) is 86.3 Å². The zero-order valence-electron chi connectivity index (χ0n) is 18.1. The van der Waals surface area contributed by atoms with Crippen LogP contribution in [-0.2, 0) is 5.41 Å². The number of non-ortho nitro benzene ring substituents is 2. The third-order valence-corrected chi connectivity index (χ3v) is 6.47. The molecule has 0 radical (unpaired) electrons. The summed E-state index contributed by atoms with van der Waals surface area (Å²) >= 11 is 0. The summed E-state index contributed by atoms with van der Waals surface area (Å²) in [5.41, 5.74) is 7.51. The first-order valence-electron chi connectivity index (χ1n) is 10.5. The molecule has 0 saturated heterocycles. The van der Waals surface area contributed by atoms with Gasteiger partial charge < -0.3 is 0 Å². The molecule has 6 heteroatoms. The third kappa shape index (κ3) is 3.03. The zero-order chi connectivity index (χ0) is 23.3. The maximum absolute atomic E-state index is 11.3. The molecule has 33 heavy (non-hydrogen) atoms. The van der Waals surface area contributed by atoms with E-state index in [0.29, 0.717) is 0 Å². The molecular formula is C27H20N2O4. The molecule has 0 fully saturated rings. The summed E-state index contributed by atoms with van der Waals surface area (Å²) in [5, 5.41) is 22.6. The van der Waals surface area contributed by atoms with E-state index in [1.807, 2.05) is 13.8 Å². The fourth-order valence-corrected chi connectivity index (χ4v) is 5.01. The maximum Gasteiger partial charge on any atom is 0.269 e. The highest BCUT2D eigenvalue weighted by molar-refractivity contribution is 5.86. The van der Waals surface area contributed by atoms with Crippen LogP contribution in [0.4, 0.5) is 11.4 Å². The van der Waals surface area contributed by atoms with Gasteiger partial charge in [0.2, 0.25) is 0 Å². The second-order valence-electron chi connectivity index (χ2n) is 8.46. The Morgan fingerprint density at radius 2 is 0.939 bits per heavy atom. The van der Waals surface area contributed by atoms with Crippen LogP contribution in [0.5, 0.6) is 0 Å². The van der Waals surface area contributed by atoms with E-state index in [1.165, 1.54) is 24.3 Å². The van der Waals surface area contributed by atoms with Crippen molar-refractivity contribution in [2.45, 2.75) is 19.3 Å². The lowest BCUT2D eigenvalue weighted by Gasteiger charge is -2.34. The van der Waals surface area contributed by atoms with Gasteiger partial charge in [0.25, 0.3) is 11.4 Å². The van der Waals surface area contributed by atoms with Crippen LogP contribution in [0.2, 0.25) is 0 Å². The van der Waals surface area contributed by atoms with Gasteiger partial charge >= 0.3 is 0 Å².